The van der Waals surface area contributed by atoms with Crippen LogP contribution in [0.3, 0.4) is 0 Å². The van der Waals surface area contributed by atoms with Crippen LogP contribution < -0.4 is 0 Å². The molecule has 2 aliphatic rings. The maximum absolute atomic E-state index is 9.81. The second-order valence-corrected chi connectivity index (χ2v) is 7.00. The lowest BCUT2D eigenvalue weighted by atomic mass is 9.88. The minimum absolute atomic E-state index is 0.0792. The lowest BCUT2D eigenvalue weighted by molar-refractivity contribution is -0.191. The van der Waals surface area contributed by atoms with Gasteiger partial charge >= 0.3 is 0 Å². The third kappa shape index (κ3) is 3.43. The van der Waals surface area contributed by atoms with E-state index in [4.69, 9.17) is 4.74 Å². The molecule has 1 saturated carbocycles. The van der Waals surface area contributed by atoms with Crippen molar-refractivity contribution in [2.75, 3.05) is 13.1 Å². The third-order valence-electron chi connectivity index (χ3n) is 3.86. The van der Waals surface area contributed by atoms with Crippen LogP contribution >= 0.6 is 0 Å². The van der Waals surface area contributed by atoms with E-state index in [0.29, 0.717) is 6.04 Å². The first-order valence-corrected chi connectivity index (χ1v) is 6.90. The zero-order valence-electron chi connectivity index (χ0n) is 11.7. The van der Waals surface area contributed by atoms with E-state index < -0.39 is 0 Å². The molecule has 1 N–H and O–H groups in total. The first kappa shape index (κ1) is 13.3. The highest BCUT2D eigenvalue weighted by atomic mass is 16.5. The van der Waals surface area contributed by atoms with Gasteiger partial charge in [0.05, 0.1) is 17.3 Å². The highest BCUT2D eigenvalue weighted by Crippen LogP contribution is 2.33. The molecular weight excluding hydrogens is 214 g/mol. The number of nitrogens with zero attached hydrogens (tertiary/aromatic N) is 1. The molecule has 100 valence electrons. The van der Waals surface area contributed by atoms with Crippen LogP contribution in [-0.2, 0) is 4.74 Å². The Labute approximate surface area is 105 Å². The minimum atomic E-state index is -0.0946. The standard InChI is InChI=1S/C14H27NO2/c1-13(2)9-15(10-14(3,4)17-13)11-6-5-7-12(16)8-11/h11-12,16H,5-10H2,1-4H3. The minimum Gasteiger partial charge on any atom is -0.393 e. The van der Waals surface area contributed by atoms with Crippen LogP contribution in [0.4, 0.5) is 0 Å². The highest BCUT2D eigenvalue weighted by Gasteiger charge is 2.41. The van der Waals surface area contributed by atoms with Gasteiger partial charge in [-0.1, -0.05) is 0 Å². The van der Waals surface area contributed by atoms with Gasteiger partial charge in [-0.25, -0.2) is 0 Å². The molecule has 0 amide bonds. The van der Waals surface area contributed by atoms with Crippen molar-refractivity contribution in [2.45, 2.75) is 76.7 Å². The summed E-state index contributed by atoms with van der Waals surface area (Å²) in [4.78, 5) is 2.53. The first-order chi connectivity index (χ1) is 7.77. The van der Waals surface area contributed by atoms with Gasteiger partial charge in [-0.15, -0.1) is 0 Å². The molecule has 17 heavy (non-hydrogen) atoms. The maximum atomic E-state index is 9.81. The number of morpholine rings is 1. The van der Waals surface area contributed by atoms with Crippen molar-refractivity contribution in [3.05, 3.63) is 0 Å². The summed E-state index contributed by atoms with van der Waals surface area (Å²) < 4.78 is 6.10. The normalized spacial score (nSPS) is 37.9. The zero-order chi connectivity index (χ0) is 12.7. The third-order valence-corrected chi connectivity index (χ3v) is 3.86. The average molecular weight is 241 g/mol. The van der Waals surface area contributed by atoms with Crippen LogP contribution in [0.1, 0.15) is 53.4 Å². The fourth-order valence-corrected chi connectivity index (χ4v) is 3.58. The quantitative estimate of drug-likeness (QED) is 0.764. The molecule has 1 aliphatic carbocycles. The molecule has 3 heteroatoms. The summed E-state index contributed by atoms with van der Waals surface area (Å²) in [6.07, 6.45) is 4.20. The van der Waals surface area contributed by atoms with Gasteiger partial charge < -0.3 is 9.84 Å². The average Bonchev–Trinajstić information content (AvgIpc) is 2.12. The fraction of sp³-hybridized carbons (Fsp3) is 1.00. The Hall–Kier alpha value is -0.120. The van der Waals surface area contributed by atoms with E-state index in [9.17, 15) is 5.11 Å². The monoisotopic (exact) mass is 241 g/mol. The molecule has 2 unspecified atom stereocenters. The van der Waals surface area contributed by atoms with Crippen LogP contribution in [0.25, 0.3) is 0 Å². The topological polar surface area (TPSA) is 32.7 Å². The smallest absolute Gasteiger partial charge is 0.0760 e. The summed E-state index contributed by atoms with van der Waals surface area (Å²) >= 11 is 0. The van der Waals surface area contributed by atoms with Crippen LogP contribution in [0.2, 0.25) is 0 Å². The number of ether oxygens (including phenoxy) is 1. The molecule has 0 bridgehead atoms. The predicted molar refractivity (Wildman–Crippen MR) is 69.1 cm³/mol. The molecule has 1 saturated heterocycles. The van der Waals surface area contributed by atoms with E-state index >= 15 is 0 Å². The van der Waals surface area contributed by atoms with Gasteiger partial charge in [-0.3, -0.25) is 4.90 Å². The van der Waals surface area contributed by atoms with Gasteiger partial charge in [0, 0.05) is 19.1 Å². The summed E-state index contributed by atoms with van der Waals surface area (Å²) in [6.45, 7) is 10.6. The van der Waals surface area contributed by atoms with Crippen LogP contribution in [-0.4, -0.2) is 46.4 Å². The van der Waals surface area contributed by atoms with Crippen molar-refractivity contribution in [1.82, 2.24) is 4.90 Å². The van der Waals surface area contributed by atoms with E-state index in [1.165, 1.54) is 6.42 Å². The van der Waals surface area contributed by atoms with Gasteiger partial charge in [-0.05, 0) is 53.4 Å². The van der Waals surface area contributed by atoms with Gasteiger partial charge in [-0.2, -0.15) is 0 Å². The molecule has 1 heterocycles. The summed E-state index contributed by atoms with van der Waals surface area (Å²) in [7, 11) is 0. The Balaban J connectivity index is 2.04. The Morgan fingerprint density at radius 3 is 2.18 bits per heavy atom. The molecule has 0 aromatic heterocycles. The Morgan fingerprint density at radius 2 is 1.65 bits per heavy atom. The lowest BCUT2D eigenvalue weighted by Crippen LogP contribution is -2.60. The van der Waals surface area contributed by atoms with Gasteiger partial charge in [0.1, 0.15) is 0 Å². The molecule has 2 rings (SSSR count). The number of rotatable bonds is 1. The molecule has 0 aromatic carbocycles. The van der Waals surface area contributed by atoms with Crippen LogP contribution in [0.15, 0.2) is 0 Å². The lowest BCUT2D eigenvalue weighted by Gasteiger charge is -2.50. The van der Waals surface area contributed by atoms with Crippen molar-refractivity contribution in [1.29, 1.82) is 0 Å². The molecular formula is C14H27NO2. The van der Waals surface area contributed by atoms with Crippen LogP contribution in [0, 0.1) is 0 Å². The van der Waals surface area contributed by atoms with E-state index in [0.717, 1.165) is 32.4 Å². The SMILES string of the molecule is CC1(C)CN(C2CCCC(O)C2)CC(C)(C)O1. The molecule has 2 atom stereocenters. The van der Waals surface area contributed by atoms with Crippen molar-refractivity contribution in [3.8, 4) is 0 Å². The Kier molecular flexibility index (Phi) is 3.54. The van der Waals surface area contributed by atoms with Crippen molar-refractivity contribution < 1.29 is 9.84 Å². The van der Waals surface area contributed by atoms with Crippen molar-refractivity contribution in [3.63, 3.8) is 0 Å². The molecule has 0 aromatic rings. The van der Waals surface area contributed by atoms with Gasteiger partial charge in [0.25, 0.3) is 0 Å². The van der Waals surface area contributed by atoms with Crippen molar-refractivity contribution >= 4 is 0 Å². The first-order valence-electron chi connectivity index (χ1n) is 6.90. The highest BCUT2D eigenvalue weighted by molar-refractivity contribution is 4.93. The predicted octanol–water partition coefficient (Wildman–Crippen LogP) is 2.18. The van der Waals surface area contributed by atoms with Crippen molar-refractivity contribution in [2.24, 2.45) is 0 Å². The summed E-state index contributed by atoms with van der Waals surface area (Å²) in [5.41, 5.74) is -0.158. The zero-order valence-corrected chi connectivity index (χ0v) is 11.7. The summed E-state index contributed by atoms with van der Waals surface area (Å²) in [5, 5.41) is 9.81. The van der Waals surface area contributed by atoms with E-state index in [1.54, 1.807) is 0 Å². The number of aliphatic hydroxyl groups excluding tert-OH is 1. The Morgan fingerprint density at radius 1 is 1.06 bits per heavy atom. The van der Waals surface area contributed by atoms with E-state index in [2.05, 4.69) is 32.6 Å². The number of aliphatic hydroxyl groups is 1. The number of hydrogen-bond donors (Lipinski definition) is 1. The molecule has 1 aliphatic heterocycles. The maximum Gasteiger partial charge on any atom is 0.0760 e. The molecule has 2 fully saturated rings. The van der Waals surface area contributed by atoms with E-state index in [-0.39, 0.29) is 17.3 Å². The van der Waals surface area contributed by atoms with Gasteiger partial charge in [0.2, 0.25) is 0 Å². The molecule has 0 radical (unpaired) electrons. The molecule has 0 spiro atoms. The second kappa shape index (κ2) is 4.52. The fourth-order valence-electron chi connectivity index (χ4n) is 3.58. The summed E-state index contributed by atoms with van der Waals surface area (Å²) in [6, 6.07) is 0.543. The largest absolute Gasteiger partial charge is 0.393 e. The Bertz CT molecular complexity index is 259. The second-order valence-electron chi connectivity index (χ2n) is 7.00. The van der Waals surface area contributed by atoms with E-state index in [1.807, 2.05) is 0 Å². The number of hydrogen-bond acceptors (Lipinski definition) is 3. The van der Waals surface area contributed by atoms with Gasteiger partial charge in [0.15, 0.2) is 0 Å². The summed E-state index contributed by atoms with van der Waals surface area (Å²) in [5.74, 6) is 0. The van der Waals surface area contributed by atoms with Crippen LogP contribution in [0.5, 0.6) is 0 Å². The molecule has 3 nitrogen and oxygen atoms in total.